The van der Waals surface area contributed by atoms with Crippen molar-refractivity contribution in [1.82, 2.24) is 10.2 Å². The number of fused-ring (bicyclic) bond motifs is 1. The van der Waals surface area contributed by atoms with Crippen LogP contribution in [0.2, 0.25) is 0 Å². The fourth-order valence-electron chi connectivity index (χ4n) is 1.21. The molecule has 2 aliphatic heterocycles. The molecule has 1 fully saturated rings. The summed E-state index contributed by atoms with van der Waals surface area (Å²) < 4.78 is 5.24. The van der Waals surface area contributed by atoms with Gasteiger partial charge in [-0.2, -0.15) is 0 Å². The molecule has 0 bridgehead atoms. The number of nitrogens with zero attached hydrogens (tertiary/aromatic N) is 1. The smallest absolute Gasteiger partial charge is 0.208 e. The number of halogens is 1. The lowest BCUT2D eigenvalue weighted by molar-refractivity contribution is 0.000609. The van der Waals surface area contributed by atoms with Crippen LogP contribution in [0.1, 0.15) is 0 Å². The van der Waals surface area contributed by atoms with E-state index in [1.807, 2.05) is 6.08 Å². The van der Waals surface area contributed by atoms with E-state index in [1.165, 1.54) is 0 Å². The van der Waals surface area contributed by atoms with Crippen molar-refractivity contribution in [2.24, 2.45) is 0 Å². The van der Waals surface area contributed by atoms with Crippen LogP contribution in [0.5, 0.6) is 0 Å². The molecule has 4 heteroatoms. The van der Waals surface area contributed by atoms with Gasteiger partial charge in [-0.1, -0.05) is 0 Å². The first kappa shape index (κ1) is 7.85. The van der Waals surface area contributed by atoms with Gasteiger partial charge in [-0.15, -0.1) is 12.4 Å². The highest BCUT2D eigenvalue weighted by Crippen LogP contribution is 2.08. The summed E-state index contributed by atoms with van der Waals surface area (Å²) in [5, 5.41) is 3.21. The predicted octanol–water partition coefficient (Wildman–Crippen LogP) is 0.141. The molecule has 2 heterocycles. The fourth-order valence-corrected chi connectivity index (χ4v) is 1.21. The minimum absolute atomic E-state index is 0. The molecule has 0 aromatic heterocycles. The van der Waals surface area contributed by atoms with Crippen molar-refractivity contribution in [3.63, 3.8) is 0 Å². The predicted molar refractivity (Wildman–Crippen MR) is 40.8 cm³/mol. The third-order valence-corrected chi connectivity index (χ3v) is 1.69. The van der Waals surface area contributed by atoms with Gasteiger partial charge in [0.25, 0.3) is 0 Å². The summed E-state index contributed by atoms with van der Waals surface area (Å²) in [6, 6.07) is 0. The van der Waals surface area contributed by atoms with Gasteiger partial charge in [0.1, 0.15) is 0 Å². The van der Waals surface area contributed by atoms with Crippen molar-refractivity contribution in [2.45, 2.75) is 6.35 Å². The Labute approximate surface area is 66.4 Å². The van der Waals surface area contributed by atoms with Gasteiger partial charge < -0.3 is 4.74 Å². The Balaban J connectivity index is 0.000000500. The summed E-state index contributed by atoms with van der Waals surface area (Å²) in [6.07, 6.45) is 3.96. The Morgan fingerprint density at radius 3 is 3.30 bits per heavy atom. The van der Waals surface area contributed by atoms with E-state index in [1.54, 1.807) is 6.26 Å². The van der Waals surface area contributed by atoms with Crippen LogP contribution in [0.4, 0.5) is 0 Å². The molecule has 0 spiro atoms. The molecule has 0 amide bonds. The maximum absolute atomic E-state index is 5.24. The summed E-state index contributed by atoms with van der Waals surface area (Å²) in [6.45, 7) is 3.18. The lowest BCUT2D eigenvalue weighted by Gasteiger charge is -2.24. The normalized spacial score (nSPS) is 30.6. The molecule has 1 unspecified atom stereocenters. The highest BCUT2D eigenvalue weighted by atomic mass is 35.5. The molecule has 10 heavy (non-hydrogen) atoms. The van der Waals surface area contributed by atoms with Crippen molar-refractivity contribution in [2.75, 3.05) is 19.6 Å². The molecule has 0 saturated carbocycles. The van der Waals surface area contributed by atoms with E-state index in [4.69, 9.17) is 4.74 Å². The molecule has 2 rings (SSSR count). The van der Waals surface area contributed by atoms with Gasteiger partial charge in [0.15, 0.2) is 0 Å². The minimum atomic E-state index is 0. The molecule has 0 aromatic carbocycles. The third kappa shape index (κ3) is 1.26. The molecule has 3 nitrogen and oxygen atoms in total. The number of ether oxygens (including phenoxy) is 1. The molecule has 58 valence electrons. The molecule has 0 aliphatic carbocycles. The van der Waals surface area contributed by atoms with Crippen molar-refractivity contribution < 1.29 is 4.74 Å². The number of hydrogen-bond donors (Lipinski definition) is 1. The van der Waals surface area contributed by atoms with Crippen molar-refractivity contribution in [1.29, 1.82) is 0 Å². The van der Waals surface area contributed by atoms with Gasteiger partial charge in [-0.25, -0.2) is 0 Å². The van der Waals surface area contributed by atoms with Gasteiger partial charge in [-0.3, -0.25) is 10.2 Å². The van der Waals surface area contributed by atoms with Crippen LogP contribution in [-0.4, -0.2) is 30.9 Å². The Kier molecular flexibility index (Phi) is 2.54. The summed E-state index contributed by atoms with van der Waals surface area (Å²) in [5.74, 6) is 0. The second-order valence-electron chi connectivity index (χ2n) is 2.31. The summed E-state index contributed by atoms with van der Waals surface area (Å²) in [7, 11) is 0. The van der Waals surface area contributed by atoms with Gasteiger partial charge in [0.05, 0.1) is 6.26 Å². The number of rotatable bonds is 0. The molecular weight excluding hydrogens is 152 g/mol. The average molecular weight is 163 g/mol. The van der Waals surface area contributed by atoms with Gasteiger partial charge in [0, 0.05) is 19.6 Å². The van der Waals surface area contributed by atoms with Crippen LogP contribution in [0.25, 0.3) is 0 Å². The topological polar surface area (TPSA) is 24.5 Å². The van der Waals surface area contributed by atoms with Crippen LogP contribution < -0.4 is 5.32 Å². The Bertz CT molecular complexity index is 126. The standard InChI is InChI=1S/C6H10N2O.ClH/c1-3-8-4-2-7-6(8)9-5-1;/h1,5-7H,2-4H2;1H. The van der Waals surface area contributed by atoms with Crippen LogP contribution in [0.3, 0.4) is 0 Å². The molecular formula is C6H11ClN2O. The van der Waals surface area contributed by atoms with E-state index in [2.05, 4.69) is 10.2 Å². The molecule has 0 radical (unpaired) electrons. The number of hydrogen-bond acceptors (Lipinski definition) is 3. The first-order valence-corrected chi connectivity index (χ1v) is 3.25. The highest BCUT2D eigenvalue weighted by molar-refractivity contribution is 5.85. The Hall–Kier alpha value is -0.250. The molecule has 2 aliphatic rings. The van der Waals surface area contributed by atoms with Crippen LogP contribution >= 0.6 is 12.4 Å². The second-order valence-corrected chi connectivity index (χ2v) is 2.31. The molecule has 1 atom stereocenters. The van der Waals surface area contributed by atoms with Crippen LogP contribution in [-0.2, 0) is 4.74 Å². The summed E-state index contributed by atoms with van der Waals surface area (Å²) in [5.41, 5.74) is 0. The molecule has 1 saturated heterocycles. The summed E-state index contributed by atoms with van der Waals surface area (Å²) in [4.78, 5) is 2.25. The van der Waals surface area contributed by atoms with E-state index in [-0.39, 0.29) is 18.8 Å². The lowest BCUT2D eigenvalue weighted by atomic mass is 10.5. The first-order valence-electron chi connectivity index (χ1n) is 3.25. The zero-order valence-corrected chi connectivity index (χ0v) is 6.43. The van der Waals surface area contributed by atoms with E-state index in [9.17, 15) is 0 Å². The quantitative estimate of drug-likeness (QED) is 0.549. The summed E-state index contributed by atoms with van der Waals surface area (Å²) >= 11 is 0. The maximum atomic E-state index is 5.24. The minimum Gasteiger partial charge on any atom is -0.470 e. The largest absolute Gasteiger partial charge is 0.470 e. The van der Waals surface area contributed by atoms with Crippen molar-refractivity contribution >= 4 is 12.4 Å². The SMILES string of the molecule is C1=COC2NCCN2C1.Cl. The third-order valence-electron chi connectivity index (χ3n) is 1.69. The van der Waals surface area contributed by atoms with E-state index >= 15 is 0 Å². The zero-order valence-electron chi connectivity index (χ0n) is 5.62. The van der Waals surface area contributed by atoms with E-state index < -0.39 is 0 Å². The monoisotopic (exact) mass is 162 g/mol. The zero-order chi connectivity index (χ0) is 6.10. The average Bonchev–Trinajstić information content (AvgIpc) is 2.33. The fraction of sp³-hybridized carbons (Fsp3) is 0.667. The lowest BCUT2D eigenvalue weighted by Crippen LogP contribution is -2.39. The van der Waals surface area contributed by atoms with Gasteiger partial charge >= 0.3 is 0 Å². The number of nitrogens with one attached hydrogen (secondary N) is 1. The van der Waals surface area contributed by atoms with Gasteiger partial charge in [0.2, 0.25) is 6.35 Å². The maximum Gasteiger partial charge on any atom is 0.208 e. The van der Waals surface area contributed by atoms with E-state index in [0.717, 1.165) is 19.6 Å². The highest BCUT2D eigenvalue weighted by Gasteiger charge is 2.24. The van der Waals surface area contributed by atoms with Gasteiger partial charge in [-0.05, 0) is 6.08 Å². The molecule has 0 aromatic rings. The van der Waals surface area contributed by atoms with E-state index in [0.29, 0.717) is 0 Å². The second kappa shape index (κ2) is 3.23. The Morgan fingerprint density at radius 2 is 2.50 bits per heavy atom. The first-order chi connectivity index (χ1) is 4.47. The van der Waals surface area contributed by atoms with Crippen molar-refractivity contribution in [3.05, 3.63) is 12.3 Å². The van der Waals surface area contributed by atoms with Crippen molar-refractivity contribution in [3.8, 4) is 0 Å². The Morgan fingerprint density at radius 1 is 1.60 bits per heavy atom. The van der Waals surface area contributed by atoms with Crippen LogP contribution in [0.15, 0.2) is 12.3 Å². The van der Waals surface area contributed by atoms with Crippen LogP contribution in [0, 0.1) is 0 Å². The molecule has 1 N–H and O–H groups in total.